The first-order valence-corrected chi connectivity index (χ1v) is 6.95. The summed E-state index contributed by atoms with van der Waals surface area (Å²) in [5, 5.41) is 20.2. The largest absolute Gasteiger partial charge is 0.388 e. The van der Waals surface area contributed by atoms with Crippen LogP contribution in [-0.2, 0) is 0 Å². The highest BCUT2D eigenvalue weighted by Gasteiger charge is 2.20. The quantitative estimate of drug-likeness (QED) is 0.368. The molecular formula is C10H15NO3S2. The molecule has 0 spiro atoms. The predicted molar refractivity (Wildman–Crippen MR) is 67.2 cm³/mol. The standard InChI is InChI=1S/C10H15NO3S2/c1-3-4-5-15-10-8(11(13)14)6-9(16-10)7(2)12/h6-7,12H,3-5H2,1-2H3/t7-/m1/s1. The molecule has 1 atom stereocenters. The summed E-state index contributed by atoms with van der Waals surface area (Å²) in [6, 6.07) is 1.48. The van der Waals surface area contributed by atoms with Crippen molar-refractivity contribution in [3.8, 4) is 0 Å². The highest BCUT2D eigenvalue weighted by Crippen LogP contribution is 2.40. The Bertz CT molecular complexity index is 363. The molecule has 16 heavy (non-hydrogen) atoms. The Morgan fingerprint density at radius 2 is 2.38 bits per heavy atom. The lowest BCUT2D eigenvalue weighted by molar-refractivity contribution is -0.387. The summed E-state index contributed by atoms with van der Waals surface area (Å²) < 4.78 is 0.703. The minimum atomic E-state index is -0.635. The van der Waals surface area contributed by atoms with Crippen LogP contribution in [0.15, 0.2) is 10.3 Å². The van der Waals surface area contributed by atoms with Crippen molar-refractivity contribution < 1.29 is 10.0 Å². The molecular weight excluding hydrogens is 246 g/mol. The number of nitrogens with zero attached hydrogens (tertiary/aromatic N) is 1. The van der Waals surface area contributed by atoms with Gasteiger partial charge in [-0.15, -0.1) is 23.1 Å². The van der Waals surface area contributed by atoms with Gasteiger partial charge in [0.15, 0.2) is 0 Å². The molecule has 4 nitrogen and oxygen atoms in total. The molecule has 0 aliphatic rings. The molecule has 1 heterocycles. The Morgan fingerprint density at radius 1 is 1.69 bits per heavy atom. The van der Waals surface area contributed by atoms with Crippen molar-refractivity contribution in [2.75, 3.05) is 5.75 Å². The number of thioether (sulfide) groups is 1. The van der Waals surface area contributed by atoms with Gasteiger partial charge >= 0.3 is 0 Å². The van der Waals surface area contributed by atoms with Crippen molar-refractivity contribution in [2.45, 2.75) is 37.0 Å². The van der Waals surface area contributed by atoms with Crippen LogP contribution < -0.4 is 0 Å². The van der Waals surface area contributed by atoms with Crippen molar-refractivity contribution in [3.63, 3.8) is 0 Å². The van der Waals surface area contributed by atoms with Gasteiger partial charge in [-0.25, -0.2) is 0 Å². The Balaban J connectivity index is 2.83. The van der Waals surface area contributed by atoms with E-state index in [0.29, 0.717) is 9.09 Å². The van der Waals surface area contributed by atoms with Gasteiger partial charge in [0.05, 0.1) is 11.0 Å². The summed E-state index contributed by atoms with van der Waals surface area (Å²) in [5.74, 6) is 0.886. The van der Waals surface area contributed by atoms with Gasteiger partial charge in [0.2, 0.25) is 0 Å². The number of nitro groups is 1. The zero-order chi connectivity index (χ0) is 12.1. The number of aliphatic hydroxyl groups excluding tert-OH is 1. The first-order chi connectivity index (χ1) is 7.56. The van der Waals surface area contributed by atoms with Crippen molar-refractivity contribution in [3.05, 3.63) is 21.1 Å². The molecule has 6 heteroatoms. The summed E-state index contributed by atoms with van der Waals surface area (Å²) in [4.78, 5) is 11.1. The predicted octanol–water partition coefficient (Wildman–Crippen LogP) is 3.60. The molecule has 1 rings (SSSR count). The summed E-state index contributed by atoms with van der Waals surface area (Å²) in [6.45, 7) is 3.71. The van der Waals surface area contributed by atoms with Crippen LogP contribution in [0.3, 0.4) is 0 Å². The second-order valence-corrected chi connectivity index (χ2v) is 5.90. The van der Waals surface area contributed by atoms with Gasteiger partial charge in [-0.1, -0.05) is 13.3 Å². The Kier molecular flexibility index (Phi) is 5.24. The number of unbranched alkanes of at least 4 members (excludes halogenated alkanes) is 1. The van der Waals surface area contributed by atoms with E-state index < -0.39 is 6.10 Å². The third-order valence-corrected chi connectivity index (χ3v) is 4.70. The van der Waals surface area contributed by atoms with Crippen LogP contribution in [0, 0.1) is 10.1 Å². The average Bonchev–Trinajstić information content (AvgIpc) is 2.62. The van der Waals surface area contributed by atoms with E-state index in [4.69, 9.17) is 0 Å². The van der Waals surface area contributed by atoms with Crippen LogP contribution in [0.1, 0.15) is 37.7 Å². The normalized spacial score (nSPS) is 12.7. The number of hydrogen-bond acceptors (Lipinski definition) is 5. The fraction of sp³-hybridized carbons (Fsp3) is 0.600. The monoisotopic (exact) mass is 261 g/mol. The lowest BCUT2D eigenvalue weighted by atomic mass is 10.3. The van der Waals surface area contributed by atoms with Crippen molar-refractivity contribution in [1.29, 1.82) is 0 Å². The van der Waals surface area contributed by atoms with E-state index in [0.717, 1.165) is 18.6 Å². The van der Waals surface area contributed by atoms with Crippen LogP contribution in [0.2, 0.25) is 0 Å². The average molecular weight is 261 g/mol. The summed E-state index contributed by atoms with van der Waals surface area (Å²) in [6.07, 6.45) is 1.49. The SMILES string of the molecule is CCCCSc1sc([C@@H](C)O)cc1[N+](=O)[O-]. The van der Waals surface area contributed by atoms with Crippen molar-refractivity contribution in [2.24, 2.45) is 0 Å². The highest BCUT2D eigenvalue weighted by atomic mass is 32.2. The molecule has 90 valence electrons. The Labute approximate surface area is 103 Å². The molecule has 0 aromatic carbocycles. The number of rotatable bonds is 6. The van der Waals surface area contributed by atoms with Gasteiger partial charge in [-0.05, 0) is 19.1 Å². The fourth-order valence-electron chi connectivity index (χ4n) is 1.13. The maximum absolute atomic E-state index is 10.8. The van der Waals surface area contributed by atoms with Crippen molar-refractivity contribution in [1.82, 2.24) is 0 Å². The third-order valence-electron chi connectivity index (χ3n) is 2.04. The van der Waals surface area contributed by atoms with Gasteiger partial charge in [-0.2, -0.15) is 0 Å². The second-order valence-electron chi connectivity index (χ2n) is 3.46. The summed E-state index contributed by atoms with van der Waals surface area (Å²) in [7, 11) is 0. The van der Waals surface area contributed by atoms with Crippen LogP contribution in [-0.4, -0.2) is 15.8 Å². The zero-order valence-electron chi connectivity index (χ0n) is 9.30. The number of aliphatic hydroxyl groups is 1. The zero-order valence-corrected chi connectivity index (χ0v) is 10.9. The van der Waals surface area contributed by atoms with Gasteiger partial charge in [0.25, 0.3) is 5.69 Å². The Morgan fingerprint density at radius 3 is 2.88 bits per heavy atom. The van der Waals surface area contributed by atoms with Crippen LogP contribution in [0.4, 0.5) is 5.69 Å². The minimum Gasteiger partial charge on any atom is -0.388 e. The highest BCUT2D eigenvalue weighted by molar-refractivity contribution is 8.01. The van der Waals surface area contributed by atoms with E-state index in [2.05, 4.69) is 6.92 Å². The molecule has 0 saturated heterocycles. The molecule has 0 amide bonds. The van der Waals surface area contributed by atoms with Crippen LogP contribution >= 0.6 is 23.1 Å². The lowest BCUT2D eigenvalue weighted by Gasteiger charge is -1.97. The molecule has 1 aromatic rings. The van der Waals surface area contributed by atoms with Crippen LogP contribution in [0.25, 0.3) is 0 Å². The number of thiophene rings is 1. The first-order valence-electron chi connectivity index (χ1n) is 5.15. The maximum Gasteiger partial charge on any atom is 0.294 e. The van der Waals surface area contributed by atoms with Gasteiger partial charge in [0.1, 0.15) is 4.21 Å². The topological polar surface area (TPSA) is 63.4 Å². The molecule has 0 bridgehead atoms. The molecule has 0 aliphatic heterocycles. The second kappa shape index (κ2) is 6.22. The van der Waals surface area contributed by atoms with E-state index in [-0.39, 0.29) is 10.6 Å². The molecule has 0 radical (unpaired) electrons. The van der Waals surface area contributed by atoms with E-state index in [1.807, 2.05) is 0 Å². The molecule has 0 saturated carbocycles. The van der Waals surface area contributed by atoms with Gasteiger partial charge in [0, 0.05) is 10.9 Å². The molecule has 1 N–H and O–H groups in total. The van der Waals surface area contributed by atoms with Crippen LogP contribution in [0.5, 0.6) is 0 Å². The molecule has 0 unspecified atom stereocenters. The van der Waals surface area contributed by atoms with E-state index in [1.54, 1.807) is 6.92 Å². The molecule has 0 fully saturated rings. The first kappa shape index (κ1) is 13.5. The smallest absolute Gasteiger partial charge is 0.294 e. The molecule has 1 aromatic heterocycles. The van der Waals surface area contributed by atoms with Gasteiger partial charge in [-0.3, -0.25) is 10.1 Å². The lowest BCUT2D eigenvalue weighted by Crippen LogP contribution is -1.88. The van der Waals surface area contributed by atoms with E-state index >= 15 is 0 Å². The molecule has 0 aliphatic carbocycles. The summed E-state index contributed by atoms with van der Waals surface area (Å²) in [5.41, 5.74) is 0.127. The third kappa shape index (κ3) is 3.47. The number of hydrogen-bond donors (Lipinski definition) is 1. The van der Waals surface area contributed by atoms with Crippen molar-refractivity contribution >= 4 is 28.8 Å². The maximum atomic E-state index is 10.8. The van der Waals surface area contributed by atoms with E-state index in [1.165, 1.54) is 29.2 Å². The summed E-state index contributed by atoms with van der Waals surface area (Å²) >= 11 is 2.82. The fourth-order valence-corrected chi connectivity index (χ4v) is 3.60. The minimum absolute atomic E-state index is 0.127. The van der Waals surface area contributed by atoms with Gasteiger partial charge < -0.3 is 5.11 Å². The Hall–Kier alpha value is -0.590. The van der Waals surface area contributed by atoms with E-state index in [9.17, 15) is 15.2 Å².